The van der Waals surface area contributed by atoms with E-state index in [4.69, 9.17) is 0 Å². The van der Waals surface area contributed by atoms with Crippen LogP contribution in [0.25, 0.3) is 10.8 Å². The zero-order chi connectivity index (χ0) is 13.8. The summed E-state index contributed by atoms with van der Waals surface area (Å²) in [5.74, 6) is 0.599. The van der Waals surface area contributed by atoms with Crippen LogP contribution < -0.4 is 0 Å². The van der Waals surface area contributed by atoms with E-state index >= 15 is 0 Å². The fourth-order valence-corrected chi connectivity index (χ4v) is 2.91. The van der Waals surface area contributed by atoms with Crippen molar-refractivity contribution in [2.75, 3.05) is 5.75 Å². The topological polar surface area (TPSA) is 30.0 Å². The fourth-order valence-electron chi connectivity index (χ4n) is 2.11. The number of hydrogen-bond acceptors (Lipinski definition) is 3. The molecule has 2 aromatic carbocycles. The molecule has 20 heavy (non-hydrogen) atoms. The van der Waals surface area contributed by atoms with E-state index in [0.29, 0.717) is 5.75 Å². The van der Waals surface area contributed by atoms with Gasteiger partial charge < -0.3 is 0 Å². The van der Waals surface area contributed by atoms with Gasteiger partial charge in [0.05, 0.1) is 5.75 Å². The molecule has 3 heteroatoms. The Morgan fingerprint density at radius 1 is 1.00 bits per heavy atom. The van der Waals surface area contributed by atoms with E-state index in [1.807, 2.05) is 54.6 Å². The highest BCUT2D eigenvalue weighted by molar-refractivity contribution is 8.00. The minimum absolute atomic E-state index is 0.149. The van der Waals surface area contributed by atoms with Crippen molar-refractivity contribution in [2.45, 2.75) is 4.90 Å². The molecule has 1 heterocycles. The minimum atomic E-state index is 0.149. The lowest BCUT2D eigenvalue weighted by atomic mass is 10.0. The van der Waals surface area contributed by atoms with Gasteiger partial charge in [-0.3, -0.25) is 9.78 Å². The number of thioether (sulfide) groups is 1. The summed E-state index contributed by atoms with van der Waals surface area (Å²) in [4.78, 5) is 17.6. The highest BCUT2D eigenvalue weighted by Gasteiger charge is 2.10. The van der Waals surface area contributed by atoms with Gasteiger partial charge in [-0.2, -0.15) is 0 Å². The molecule has 0 aliphatic carbocycles. The number of hydrogen-bond donors (Lipinski definition) is 0. The molecule has 0 aliphatic rings. The summed E-state index contributed by atoms with van der Waals surface area (Å²) in [6, 6.07) is 17.6. The second kappa shape index (κ2) is 5.88. The lowest BCUT2D eigenvalue weighted by Gasteiger charge is -2.05. The number of ketones is 1. The smallest absolute Gasteiger partial charge is 0.173 e. The molecule has 0 spiro atoms. The number of Topliss-reactive ketones (excluding diaryl/α,β-unsaturated/α-hetero) is 1. The predicted octanol–water partition coefficient (Wildman–Crippen LogP) is 4.21. The molecule has 98 valence electrons. The lowest BCUT2D eigenvalue weighted by Crippen LogP contribution is -2.03. The summed E-state index contributed by atoms with van der Waals surface area (Å²) in [7, 11) is 0. The fraction of sp³-hybridized carbons (Fsp3) is 0.0588. The molecular weight excluding hydrogens is 266 g/mol. The van der Waals surface area contributed by atoms with Crippen LogP contribution in [0.15, 0.2) is 71.9 Å². The van der Waals surface area contributed by atoms with Crippen molar-refractivity contribution in [1.29, 1.82) is 0 Å². The molecule has 0 aliphatic heterocycles. The first-order valence-electron chi connectivity index (χ1n) is 6.38. The Bertz CT molecular complexity index is 735. The molecule has 1 aromatic heterocycles. The first-order valence-corrected chi connectivity index (χ1v) is 7.37. The molecule has 0 saturated carbocycles. The van der Waals surface area contributed by atoms with E-state index in [0.717, 1.165) is 21.2 Å². The normalized spacial score (nSPS) is 10.6. The molecule has 0 fully saturated rings. The Morgan fingerprint density at radius 3 is 2.70 bits per heavy atom. The van der Waals surface area contributed by atoms with E-state index in [-0.39, 0.29) is 5.78 Å². The van der Waals surface area contributed by atoms with Crippen LogP contribution in [0, 0.1) is 0 Å². The van der Waals surface area contributed by atoms with Gasteiger partial charge in [0.25, 0.3) is 0 Å². The van der Waals surface area contributed by atoms with Gasteiger partial charge in [-0.15, -0.1) is 11.8 Å². The van der Waals surface area contributed by atoms with Gasteiger partial charge in [-0.1, -0.05) is 36.4 Å². The monoisotopic (exact) mass is 279 g/mol. The number of carbonyl (C=O) groups is 1. The number of pyridine rings is 1. The van der Waals surface area contributed by atoms with E-state index in [2.05, 4.69) is 4.98 Å². The van der Waals surface area contributed by atoms with Crippen LogP contribution in [0.4, 0.5) is 0 Å². The SMILES string of the molecule is O=C(CSc1ccccc1)c1cccc2cnccc12. The van der Waals surface area contributed by atoms with Gasteiger partial charge in [-0.05, 0) is 23.6 Å². The average Bonchev–Trinajstić information content (AvgIpc) is 2.53. The van der Waals surface area contributed by atoms with Gasteiger partial charge in [0.15, 0.2) is 5.78 Å². The zero-order valence-electron chi connectivity index (χ0n) is 10.8. The Labute approximate surface area is 121 Å². The Balaban J connectivity index is 1.82. The Kier molecular flexibility index (Phi) is 3.79. The largest absolute Gasteiger partial charge is 0.293 e. The standard InChI is InChI=1S/C17H13NOS/c19-17(12-20-14-6-2-1-3-7-14)16-8-4-5-13-11-18-10-9-15(13)16/h1-11H,12H2. The number of nitrogens with zero attached hydrogens (tertiary/aromatic N) is 1. The van der Waals surface area contributed by atoms with Crippen molar-refractivity contribution < 1.29 is 4.79 Å². The number of benzene rings is 2. The van der Waals surface area contributed by atoms with Crippen LogP contribution in [0.2, 0.25) is 0 Å². The maximum absolute atomic E-state index is 12.4. The van der Waals surface area contributed by atoms with Crippen molar-refractivity contribution in [3.8, 4) is 0 Å². The van der Waals surface area contributed by atoms with Crippen molar-refractivity contribution in [2.24, 2.45) is 0 Å². The van der Waals surface area contributed by atoms with E-state index < -0.39 is 0 Å². The summed E-state index contributed by atoms with van der Waals surface area (Å²) in [6.07, 6.45) is 3.51. The van der Waals surface area contributed by atoms with Crippen molar-refractivity contribution in [3.05, 3.63) is 72.6 Å². The van der Waals surface area contributed by atoms with Crippen molar-refractivity contribution >= 4 is 28.3 Å². The predicted molar refractivity (Wildman–Crippen MR) is 83.2 cm³/mol. The number of aromatic nitrogens is 1. The molecule has 0 N–H and O–H groups in total. The second-order valence-electron chi connectivity index (χ2n) is 4.43. The maximum atomic E-state index is 12.4. The van der Waals surface area contributed by atoms with Crippen LogP contribution in [0.5, 0.6) is 0 Å². The van der Waals surface area contributed by atoms with Gasteiger partial charge >= 0.3 is 0 Å². The summed E-state index contributed by atoms with van der Waals surface area (Å²) < 4.78 is 0. The molecule has 0 amide bonds. The second-order valence-corrected chi connectivity index (χ2v) is 5.48. The molecular formula is C17H13NOS. The van der Waals surface area contributed by atoms with Gasteiger partial charge in [-0.25, -0.2) is 0 Å². The van der Waals surface area contributed by atoms with Crippen molar-refractivity contribution in [3.63, 3.8) is 0 Å². The van der Waals surface area contributed by atoms with Gasteiger partial charge in [0.2, 0.25) is 0 Å². The molecule has 0 saturated heterocycles. The van der Waals surface area contributed by atoms with Crippen LogP contribution in [-0.4, -0.2) is 16.5 Å². The third-order valence-corrected chi connectivity index (χ3v) is 4.11. The number of carbonyl (C=O) groups excluding carboxylic acids is 1. The number of rotatable bonds is 4. The first kappa shape index (κ1) is 12.9. The number of fused-ring (bicyclic) bond motifs is 1. The quantitative estimate of drug-likeness (QED) is 0.529. The van der Waals surface area contributed by atoms with Gasteiger partial charge in [0, 0.05) is 28.2 Å². The third-order valence-electron chi connectivity index (χ3n) is 3.09. The zero-order valence-corrected chi connectivity index (χ0v) is 11.6. The van der Waals surface area contributed by atoms with Crippen LogP contribution in [0.1, 0.15) is 10.4 Å². The molecule has 0 unspecified atom stereocenters. The van der Waals surface area contributed by atoms with E-state index in [9.17, 15) is 4.79 Å². The molecule has 0 atom stereocenters. The Morgan fingerprint density at radius 2 is 1.85 bits per heavy atom. The summed E-state index contributed by atoms with van der Waals surface area (Å²) in [6.45, 7) is 0. The first-order chi connectivity index (χ1) is 9.84. The third kappa shape index (κ3) is 2.73. The minimum Gasteiger partial charge on any atom is -0.293 e. The molecule has 3 aromatic rings. The summed E-state index contributed by atoms with van der Waals surface area (Å²) in [5.41, 5.74) is 0.772. The van der Waals surface area contributed by atoms with E-state index in [1.54, 1.807) is 24.2 Å². The average molecular weight is 279 g/mol. The molecule has 2 nitrogen and oxygen atoms in total. The lowest BCUT2D eigenvalue weighted by molar-refractivity contribution is 0.102. The van der Waals surface area contributed by atoms with Crippen LogP contribution in [-0.2, 0) is 0 Å². The maximum Gasteiger partial charge on any atom is 0.173 e. The van der Waals surface area contributed by atoms with E-state index in [1.165, 1.54) is 0 Å². The van der Waals surface area contributed by atoms with Crippen molar-refractivity contribution in [1.82, 2.24) is 4.98 Å². The summed E-state index contributed by atoms with van der Waals surface area (Å²) in [5, 5.41) is 1.98. The Hall–Kier alpha value is -2.13. The van der Waals surface area contributed by atoms with Gasteiger partial charge in [0.1, 0.15) is 0 Å². The summed E-state index contributed by atoms with van der Waals surface area (Å²) >= 11 is 1.57. The highest BCUT2D eigenvalue weighted by Crippen LogP contribution is 2.22. The van der Waals surface area contributed by atoms with Crippen LogP contribution in [0.3, 0.4) is 0 Å². The molecule has 0 bridgehead atoms. The molecule has 3 rings (SSSR count). The molecule has 0 radical (unpaired) electrons. The van der Waals surface area contributed by atoms with Crippen LogP contribution >= 0.6 is 11.8 Å². The highest BCUT2D eigenvalue weighted by atomic mass is 32.2.